The van der Waals surface area contributed by atoms with Crippen LogP contribution in [0.4, 0.5) is 68.2 Å². The average Bonchev–Trinajstić information content (AvgIpc) is 0.663. The smallest absolute Gasteiger partial charge is 0.248 e. The molecular weight excluding hydrogens is 1300 g/mol. The van der Waals surface area contributed by atoms with Crippen molar-refractivity contribution in [3.8, 4) is 66.8 Å². The lowest BCUT2D eigenvalue weighted by Gasteiger charge is -2.43. The standard InChI is InChI=1S/C102H68B2N4/c1-65-51-53-89-93(56-65)107(73-43-23-9-24-44-73)95-57-66(2)55-87-83-61-81(79-49-29-27-47-77(79)67-31-11-3-12-32-67)85-64-92-98-84(62-82(80-50-30-28-48-78(80)68-33-13-4-14-34-68)86-63-91(103(89)101(87)95)97(83)99(85)100(86)98)88-58-76(106(71-39-19-7-20-40-71)72-41-21-8-22-42-72)60-96-102(88)104(92)90-54-52-75(59-94(90)108(96)74-45-25-10-26-46-74)105(69-35-15-5-16-36-69)70-37-17-6-18-38-70/h3-64H,1-2H3. The molecule has 18 aromatic carbocycles. The zero-order valence-electron chi connectivity index (χ0n) is 59.7. The number of benzene rings is 18. The predicted octanol–water partition coefficient (Wildman–Crippen LogP) is 23.4. The van der Waals surface area contributed by atoms with Crippen LogP contribution < -0.4 is 52.4 Å². The van der Waals surface area contributed by atoms with Crippen molar-refractivity contribution in [3.05, 3.63) is 387 Å². The van der Waals surface area contributed by atoms with Gasteiger partial charge in [0.2, 0.25) is 13.4 Å². The molecule has 0 amide bonds. The van der Waals surface area contributed by atoms with Gasteiger partial charge in [-0.15, -0.1) is 0 Å². The molecule has 0 saturated heterocycles. The van der Waals surface area contributed by atoms with Gasteiger partial charge in [-0.25, -0.2) is 0 Å². The van der Waals surface area contributed by atoms with Gasteiger partial charge >= 0.3 is 0 Å². The van der Waals surface area contributed by atoms with Crippen LogP contribution in [0.3, 0.4) is 0 Å². The molecule has 4 aliphatic rings. The minimum absolute atomic E-state index is 0.112. The minimum Gasteiger partial charge on any atom is -0.311 e. The molecule has 502 valence electrons. The third-order valence-corrected chi connectivity index (χ3v) is 23.4. The van der Waals surface area contributed by atoms with Crippen molar-refractivity contribution in [2.24, 2.45) is 0 Å². The van der Waals surface area contributed by atoms with Gasteiger partial charge in [-0.2, -0.15) is 0 Å². The van der Waals surface area contributed by atoms with Crippen LogP contribution in [0.2, 0.25) is 0 Å². The second kappa shape index (κ2) is 24.5. The molecule has 4 heterocycles. The number of aryl methyl sites for hydroxylation is 2. The van der Waals surface area contributed by atoms with Gasteiger partial charge in [0.15, 0.2) is 0 Å². The van der Waals surface area contributed by atoms with Crippen molar-refractivity contribution in [1.82, 2.24) is 0 Å². The van der Waals surface area contributed by atoms with Crippen LogP contribution in [-0.2, 0) is 0 Å². The van der Waals surface area contributed by atoms with Crippen LogP contribution >= 0.6 is 0 Å². The molecule has 0 saturated carbocycles. The highest BCUT2D eigenvalue weighted by atomic mass is 15.2. The first-order chi connectivity index (χ1) is 53.5. The predicted molar refractivity (Wildman–Crippen MR) is 460 cm³/mol. The van der Waals surface area contributed by atoms with Crippen LogP contribution in [0.15, 0.2) is 376 Å². The van der Waals surface area contributed by atoms with Crippen molar-refractivity contribution < 1.29 is 0 Å². The fourth-order valence-electron chi connectivity index (χ4n) is 19.1. The number of nitrogens with zero attached hydrogens (tertiary/aromatic N) is 4. The van der Waals surface area contributed by atoms with Crippen LogP contribution in [0.1, 0.15) is 11.1 Å². The molecule has 0 bridgehead atoms. The van der Waals surface area contributed by atoms with Gasteiger partial charge in [-0.1, -0.05) is 266 Å². The first kappa shape index (κ1) is 61.8. The highest BCUT2D eigenvalue weighted by Gasteiger charge is 2.47. The van der Waals surface area contributed by atoms with E-state index in [9.17, 15) is 0 Å². The van der Waals surface area contributed by atoms with E-state index < -0.39 is 0 Å². The minimum atomic E-state index is -0.244. The first-order valence-electron chi connectivity index (χ1n) is 37.7. The van der Waals surface area contributed by atoms with Crippen LogP contribution in [-0.4, -0.2) is 13.4 Å². The molecule has 4 nitrogen and oxygen atoms in total. The van der Waals surface area contributed by atoms with E-state index in [0.717, 1.165) is 56.9 Å². The second-order valence-corrected chi connectivity index (χ2v) is 29.5. The van der Waals surface area contributed by atoms with E-state index in [0.29, 0.717) is 0 Å². The molecule has 6 heteroatoms. The largest absolute Gasteiger partial charge is 0.311 e. The normalized spacial score (nSPS) is 12.6. The fraction of sp³-hybridized carbons (Fsp3) is 0.0196. The van der Waals surface area contributed by atoms with Crippen molar-refractivity contribution in [2.75, 3.05) is 19.6 Å². The zero-order chi connectivity index (χ0) is 71.2. The maximum absolute atomic E-state index is 2.71. The van der Waals surface area contributed by atoms with Gasteiger partial charge in [-0.3, -0.25) is 0 Å². The number of hydrogen-bond acceptors (Lipinski definition) is 4. The van der Waals surface area contributed by atoms with E-state index in [1.165, 1.54) is 154 Å². The summed E-state index contributed by atoms with van der Waals surface area (Å²) in [6.07, 6.45) is 0. The number of anilines is 12. The molecule has 108 heavy (non-hydrogen) atoms. The summed E-state index contributed by atoms with van der Waals surface area (Å²) >= 11 is 0. The molecule has 0 aromatic heterocycles. The Labute approximate surface area is 630 Å². The third kappa shape index (κ3) is 9.39. The first-order valence-corrected chi connectivity index (χ1v) is 37.7. The maximum atomic E-state index is 2.71. The van der Waals surface area contributed by atoms with Gasteiger partial charge in [0.1, 0.15) is 0 Å². The molecule has 0 atom stereocenters. The Balaban J connectivity index is 0.949. The van der Waals surface area contributed by atoms with Crippen LogP contribution in [0, 0.1) is 13.8 Å². The Morgan fingerprint density at radius 2 is 0.565 bits per heavy atom. The molecule has 18 aromatic rings. The molecule has 0 N–H and O–H groups in total. The van der Waals surface area contributed by atoms with Crippen LogP contribution in [0.5, 0.6) is 0 Å². The highest BCUT2D eigenvalue weighted by Crippen LogP contribution is 2.56. The summed E-state index contributed by atoms with van der Waals surface area (Å²) in [6, 6.07) is 142. The van der Waals surface area contributed by atoms with Gasteiger partial charge in [0.05, 0.1) is 0 Å². The van der Waals surface area contributed by atoms with E-state index in [1.54, 1.807) is 0 Å². The van der Waals surface area contributed by atoms with E-state index in [4.69, 9.17) is 0 Å². The monoisotopic (exact) mass is 1370 g/mol. The quantitative estimate of drug-likeness (QED) is 0.0893. The molecule has 0 radical (unpaired) electrons. The third-order valence-electron chi connectivity index (χ3n) is 23.4. The zero-order valence-corrected chi connectivity index (χ0v) is 59.7. The van der Waals surface area contributed by atoms with Crippen molar-refractivity contribution in [3.63, 3.8) is 0 Å². The lowest BCUT2D eigenvalue weighted by molar-refractivity contribution is 1.24. The molecule has 0 unspecified atom stereocenters. The molecule has 22 rings (SSSR count). The molecule has 4 aliphatic heterocycles. The Morgan fingerprint density at radius 3 is 1.02 bits per heavy atom. The Hall–Kier alpha value is -13.7. The summed E-state index contributed by atoms with van der Waals surface area (Å²) < 4.78 is 0. The summed E-state index contributed by atoms with van der Waals surface area (Å²) in [5.41, 5.74) is 38.2. The van der Waals surface area contributed by atoms with Gasteiger partial charge in [0, 0.05) is 68.2 Å². The molecule has 0 fully saturated rings. The summed E-state index contributed by atoms with van der Waals surface area (Å²) in [4.78, 5) is 10.0. The van der Waals surface area contributed by atoms with Crippen molar-refractivity contribution in [2.45, 2.75) is 13.8 Å². The number of para-hydroxylation sites is 6. The van der Waals surface area contributed by atoms with Crippen LogP contribution in [0.25, 0.3) is 99.1 Å². The summed E-state index contributed by atoms with van der Waals surface area (Å²) in [6.45, 7) is 4.20. The van der Waals surface area contributed by atoms with Gasteiger partial charge in [-0.05, 0) is 267 Å². The molecule has 0 aliphatic carbocycles. The summed E-state index contributed by atoms with van der Waals surface area (Å²) in [5.74, 6) is 0. The average molecular weight is 1370 g/mol. The van der Waals surface area contributed by atoms with E-state index in [2.05, 4.69) is 410 Å². The number of rotatable bonds is 12. The van der Waals surface area contributed by atoms with Crippen molar-refractivity contribution in [1.29, 1.82) is 0 Å². The summed E-state index contributed by atoms with van der Waals surface area (Å²) in [5, 5.41) is 7.71. The fourth-order valence-corrected chi connectivity index (χ4v) is 19.1. The van der Waals surface area contributed by atoms with E-state index in [1.807, 2.05) is 0 Å². The van der Waals surface area contributed by atoms with Gasteiger partial charge in [0.25, 0.3) is 0 Å². The highest BCUT2D eigenvalue weighted by molar-refractivity contribution is 7.02. The van der Waals surface area contributed by atoms with Crippen molar-refractivity contribution >= 4 is 147 Å². The lowest BCUT2D eigenvalue weighted by atomic mass is 9.31. The lowest BCUT2D eigenvalue weighted by Crippen LogP contribution is -2.60. The topological polar surface area (TPSA) is 13.0 Å². The Kier molecular flexibility index (Phi) is 14.0. The number of fused-ring (bicyclic) bond motifs is 8. The molecular formula is C102H68B2N4. The second-order valence-electron chi connectivity index (χ2n) is 29.5. The summed E-state index contributed by atoms with van der Waals surface area (Å²) in [7, 11) is 0. The SMILES string of the molecule is Cc1ccc2c(c1)N(c1ccccc1)c1cc(C)cc3c1B2c1cc2c(-c4ccccc4-c4ccccc4)cc4c5c(cc6c(-c7ccccc7-c7ccccc7)cc-3c1c6c25)B1c2ccc(N(c3ccccc3)c3ccccc3)cc2N(c2ccccc2)c2cc(N(c3ccccc3)c3ccccc3)cc-4c21. The van der Waals surface area contributed by atoms with Gasteiger partial charge < -0.3 is 19.6 Å². The number of hydrogen-bond donors (Lipinski definition) is 0. The van der Waals surface area contributed by atoms with E-state index in [-0.39, 0.29) is 13.4 Å². The maximum Gasteiger partial charge on any atom is 0.248 e. The Bertz CT molecular complexity index is 6560. The van der Waals surface area contributed by atoms with E-state index >= 15 is 0 Å². The Morgan fingerprint density at radius 1 is 0.213 bits per heavy atom. The molecule has 0 spiro atoms.